The van der Waals surface area contributed by atoms with Gasteiger partial charge in [-0.15, -0.1) is 0 Å². The lowest BCUT2D eigenvalue weighted by Crippen LogP contribution is -2.35. The van der Waals surface area contributed by atoms with Gasteiger partial charge in [-0.1, -0.05) is 30.9 Å². The van der Waals surface area contributed by atoms with Gasteiger partial charge in [-0.3, -0.25) is 9.59 Å². The molecule has 2 rings (SSSR count). The Hall–Kier alpha value is -2.11. The number of carbonyl (C=O) groups is 2. The Morgan fingerprint density at radius 2 is 2.00 bits per heavy atom. The van der Waals surface area contributed by atoms with Crippen LogP contribution in [0.15, 0.2) is 24.3 Å². The first kappa shape index (κ1) is 20.2. The number of ether oxygens (including phenoxy) is 1. The first-order valence-corrected chi connectivity index (χ1v) is 9.74. The van der Waals surface area contributed by atoms with Gasteiger partial charge >= 0.3 is 5.97 Å². The minimum Gasteiger partial charge on any atom is -0.455 e. The van der Waals surface area contributed by atoms with Gasteiger partial charge in [0, 0.05) is 18.8 Å². The second-order valence-electron chi connectivity index (χ2n) is 6.12. The number of anilines is 1. The van der Waals surface area contributed by atoms with E-state index in [1.165, 1.54) is 11.8 Å². The number of nitrogens with one attached hydrogen (secondary N) is 1. The SMILES string of the molecule is CC1CCN(C(=S)SCC(=O)OCC(=O)Nc2ccc(C#N)cc2)CC1. The number of thiocarbonyl (C=S) groups is 1. The zero-order valence-corrected chi connectivity index (χ0v) is 16.2. The number of hydrogen-bond donors (Lipinski definition) is 1. The van der Waals surface area contributed by atoms with Crippen LogP contribution in [0.4, 0.5) is 5.69 Å². The predicted octanol–water partition coefficient (Wildman–Crippen LogP) is 2.79. The number of carbonyl (C=O) groups excluding carboxylic acids is 2. The van der Waals surface area contributed by atoms with Crippen molar-refractivity contribution in [1.82, 2.24) is 4.90 Å². The Bertz CT molecular complexity index is 693. The van der Waals surface area contributed by atoms with Crippen molar-refractivity contribution in [1.29, 1.82) is 5.26 Å². The lowest BCUT2D eigenvalue weighted by atomic mass is 10.00. The quantitative estimate of drug-likeness (QED) is 0.610. The number of piperidine rings is 1. The van der Waals surface area contributed by atoms with Crippen molar-refractivity contribution in [3.8, 4) is 6.07 Å². The molecule has 1 saturated heterocycles. The zero-order valence-electron chi connectivity index (χ0n) is 14.6. The summed E-state index contributed by atoms with van der Waals surface area (Å²) in [6.45, 7) is 3.73. The minimum absolute atomic E-state index is 0.0923. The molecule has 1 aliphatic rings. The summed E-state index contributed by atoms with van der Waals surface area (Å²) in [7, 11) is 0. The first-order chi connectivity index (χ1) is 12.5. The van der Waals surface area contributed by atoms with Gasteiger partial charge in [-0.2, -0.15) is 5.26 Å². The average Bonchev–Trinajstić information content (AvgIpc) is 2.65. The standard InChI is InChI=1S/C18H21N3O3S2/c1-13-6-8-21(9-7-13)18(25)26-12-17(23)24-11-16(22)20-15-4-2-14(10-19)3-5-15/h2-5,13H,6-9,11-12H2,1H3,(H,20,22). The van der Waals surface area contributed by atoms with Gasteiger partial charge < -0.3 is 15.0 Å². The third-order valence-electron chi connectivity index (χ3n) is 4.02. The van der Waals surface area contributed by atoms with Crippen molar-refractivity contribution < 1.29 is 14.3 Å². The number of thioether (sulfide) groups is 1. The topological polar surface area (TPSA) is 82.4 Å². The van der Waals surface area contributed by atoms with Crippen molar-refractivity contribution >= 4 is 45.9 Å². The molecular weight excluding hydrogens is 370 g/mol. The Balaban J connectivity index is 1.65. The molecule has 0 saturated carbocycles. The van der Waals surface area contributed by atoms with Crippen molar-refractivity contribution in [2.75, 3.05) is 30.8 Å². The molecule has 1 amide bonds. The van der Waals surface area contributed by atoms with E-state index in [0.29, 0.717) is 15.6 Å². The largest absolute Gasteiger partial charge is 0.455 e. The molecule has 26 heavy (non-hydrogen) atoms. The molecule has 1 fully saturated rings. The molecule has 1 heterocycles. The van der Waals surface area contributed by atoms with E-state index in [4.69, 9.17) is 22.2 Å². The Kier molecular flexibility index (Phi) is 7.88. The van der Waals surface area contributed by atoms with Crippen LogP contribution in [0.1, 0.15) is 25.3 Å². The second kappa shape index (κ2) is 10.1. The molecule has 0 aliphatic carbocycles. The number of benzene rings is 1. The number of amides is 1. The van der Waals surface area contributed by atoms with Crippen LogP contribution in [0, 0.1) is 17.2 Å². The van der Waals surface area contributed by atoms with E-state index in [-0.39, 0.29) is 12.4 Å². The van der Waals surface area contributed by atoms with E-state index in [0.717, 1.165) is 31.8 Å². The molecule has 0 atom stereocenters. The number of hydrogen-bond acceptors (Lipinski definition) is 6. The van der Waals surface area contributed by atoms with Crippen LogP contribution in [0.5, 0.6) is 0 Å². The number of rotatable bonds is 5. The molecule has 1 aliphatic heterocycles. The highest BCUT2D eigenvalue weighted by molar-refractivity contribution is 8.23. The van der Waals surface area contributed by atoms with Crippen molar-refractivity contribution in [3.05, 3.63) is 29.8 Å². The summed E-state index contributed by atoms with van der Waals surface area (Å²) >= 11 is 6.63. The molecule has 0 unspecified atom stereocenters. The Morgan fingerprint density at radius 3 is 2.62 bits per heavy atom. The van der Waals surface area contributed by atoms with Crippen LogP contribution >= 0.6 is 24.0 Å². The molecule has 0 spiro atoms. The molecule has 0 radical (unpaired) electrons. The third kappa shape index (κ3) is 6.65. The molecule has 1 N–H and O–H groups in total. The highest BCUT2D eigenvalue weighted by atomic mass is 32.2. The number of likely N-dealkylation sites (tertiary alicyclic amines) is 1. The molecule has 1 aromatic rings. The lowest BCUT2D eigenvalue weighted by Gasteiger charge is -2.31. The Labute approximate surface area is 162 Å². The van der Waals surface area contributed by atoms with E-state index in [9.17, 15) is 9.59 Å². The van der Waals surface area contributed by atoms with Gasteiger partial charge in [0.25, 0.3) is 5.91 Å². The van der Waals surface area contributed by atoms with Crippen molar-refractivity contribution in [2.24, 2.45) is 5.92 Å². The molecule has 138 valence electrons. The highest BCUT2D eigenvalue weighted by Crippen LogP contribution is 2.20. The Morgan fingerprint density at radius 1 is 1.35 bits per heavy atom. The lowest BCUT2D eigenvalue weighted by molar-refractivity contribution is -0.144. The van der Waals surface area contributed by atoms with Gasteiger partial charge in [0.15, 0.2) is 6.61 Å². The minimum atomic E-state index is -0.474. The van der Waals surface area contributed by atoms with Gasteiger partial charge in [0.05, 0.1) is 17.4 Å². The van der Waals surface area contributed by atoms with Crippen LogP contribution in [0.25, 0.3) is 0 Å². The zero-order chi connectivity index (χ0) is 18.9. The summed E-state index contributed by atoms with van der Waals surface area (Å²) in [5.41, 5.74) is 1.05. The van der Waals surface area contributed by atoms with Crippen LogP contribution < -0.4 is 5.32 Å². The fourth-order valence-electron chi connectivity index (χ4n) is 2.42. The smallest absolute Gasteiger partial charge is 0.316 e. The van der Waals surface area contributed by atoms with E-state index >= 15 is 0 Å². The van der Waals surface area contributed by atoms with Crippen molar-refractivity contribution in [3.63, 3.8) is 0 Å². The van der Waals surface area contributed by atoms with Crippen LogP contribution in [-0.2, 0) is 14.3 Å². The van der Waals surface area contributed by atoms with Crippen LogP contribution in [0.2, 0.25) is 0 Å². The number of nitriles is 1. The van der Waals surface area contributed by atoms with Crippen LogP contribution in [0.3, 0.4) is 0 Å². The number of nitrogens with zero attached hydrogens (tertiary/aromatic N) is 2. The summed E-state index contributed by atoms with van der Waals surface area (Å²) in [5, 5.41) is 11.3. The van der Waals surface area contributed by atoms with Crippen molar-refractivity contribution in [2.45, 2.75) is 19.8 Å². The summed E-state index contributed by atoms with van der Waals surface area (Å²) in [6.07, 6.45) is 2.22. The number of esters is 1. The van der Waals surface area contributed by atoms with Crippen LogP contribution in [-0.4, -0.2) is 46.5 Å². The third-order valence-corrected chi connectivity index (χ3v) is 5.51. The van der Waals surface area contributed by atoms with E-state index in [1.54, 1.807) is 24.3 Å². The molecule has 8 heteroatoms. The maximum Gasteiger partial charge on any atom is 0.316 e. The van der Waals surface area contributed by atoms with E-state index in [2.05, 4.69) is 17.1 Å². The van der Waals surface area contributed by atoms with Gasteiger partial charge in [0.1, 0.15) is 4.32 Å². The van der Waals surface area contributed by atoms with Gasteiger partial charge in [-0.25, -0.2) is 0 Å². The van der Waals surface area contributed by atoms with E-state index in [1.807, 2.05) is 6.07 Å². The van der Waals surface area contributed by atoms with Gasteiger partial charge in [0.2, 0.25) is 0 Å². The molecular formula is C18H21N3O3S2. The molecule has 0 aromatic heterocycles. The first-order valence-electron chi connectivity index (χ1n) is 8.35. The summed E-state index contributed by atoms with van der Waals surface area (Å²) in [6, 6.07) is 8.43. The summed E-state index contributed by atoms with van der Waals surface area (Å²) in [5.74, 6) is -0.0910. The van der Waals surface area contributed by atoms with E-state index < -0.39 is 11.9 Å². The average molecular weight is 392 g/mol. The maximum atomic E-state index is 11.8. The molecule has 1 aromatic carbocycles. The normalized spacial score (nSPS) is 14.4. The fourth-order valence-corrected chi connectivity index (χ4v) is 3.47. The fraction of sp³-hybridized carbons (Fsp3) is 0.444. The maximum absolute atomic E-state index is 11.8. The monoisotopic (exact) mass is 391 g/mol. The van der Waals surface area contributed by atoms with Gasteiger partial charge in [-0.05, 0) is 43.0 Å². The predicted molar refractivity (Wildman–Crippen MR) is 106 cm³/mol. The summed E-state index contributed by atoms with van der Waals surface area (Å²) in [4.78, 5) is 25.7. The molecule has 0 bridgehead atoms. The summed E-state index contributed by atoms with van der Waals surface area (Å²) < 4.78 is 5.68. The second-order valence-corrected chi connectivity index (χ2v) is 7.73. The molecule has 6 nitrogen and oxygen atoms in total. The highest BCUT2D eigenvalue weighted by Gasteiger charge is 2.19.